The molecule has 5 rings (SSSR count). The van der Waals surface area contributed by atoms with Crippen molar-refractivity contribution in [2.24, 2.45) is 0 Å². The number of hydrogen-bond donors (Lipinski definition) is 2. The average molecular weight is 434 g/mol. The number of anilines is 1. The van der Waals surface area contributed by atoms with E-state index in [4.69, 9.17) is 9.72 Å². The number of nitrogens with one attached hydrogen (secondary N) is 2. The summed E-state index contributed by atoms with van der Waals surface area (Å²) in [6.07, 6.45) is 5.42. The second kappa shape index (κ2) is 7.66. The van der Waals surface area contributed by atoms with Crippen LogP contribution in [0.15, 0.2) is 24.9 Å². The minimum atomic E-state index is -1.05. The van der Waals surface area contributed by atoms with E-state index < -0.39 is 18.0 Å². The Hall–Kier alpha value is -3.89. The van der Waals surface area contributed by atoms with Gasteiger partial charge in [-0.05, 0) is 39.7 Å². The molecule has 164 valence electrons. The molecule has 1 aliphatic rings. The lowest BCUT2D eigenvalue weighted by atomic mass is 10.1. The van der Waals surface area contributed by atoms with Crippen LogP contribution < -0.4 is 5.32 Å². The predicted octanol–water partition coefficient (Wildman–Crippen LogP) is 2.74. The van der Waals surface area contributed by atoms with Crippen LogP contribution >= 0.6 is 0 Å². The SMILES string of the molecule is CC(C)n1ncc2c(C(=O)O[C@@H](C)C(=O)Nc3ncnc4nc[nH]c34)cc(C3CC3)nc21. The Kier molecular flexibility index (Phi) is 4.80. The first kappa shape index (κ1) is 20.0. The lowest BCUT2D eigenvalue weighted by Crippen LogP contribution is -2.30. The molecule has 1 atom stereocenters. The van der Waals surface area contributed by atoms with Gasteiger partial charge in [0.25, 0.3) is 5.91 Å². The van der Waals surface area contributed by atoms with E-state index >= 15 is 0 Å². The number of esters is 1. The summed E-state index contributed by atoms with van der Waals surface area (Å²) in [4.78, 5) is 45.5. The lowest BCUT2D eigenvalue weighted by Gasteiger charge is -2.14. The molecule has 32 heavy (non-hydrogen) atoms. The van der Waals surface area contributed by atoms with Gasteiger partial charge in [-0.25, -0.2) is 29.4 Å². The molecule has 0 aliphatic heterocycles. The highest BCUT2D eigenvalue weighted by Gasteiger charge is 2.29. The van der Waals surface area contributed by atoms with E-state index in [1.165, 1.54) is 19.6 Å². The molecule has 0 aromatic carbocycles. The Labute approximate surface area is 182 Å². The zero-order valence-electron chi connectivity index (χ0n) is 17.9. The summed E-state index contributed by atoms with van der Waals surface area (Å²) < 4.78 is 7.30. The van der Waals surface area contributed by atoms with Crippen LogP contribution in [0.1, 0.15) is 61.6 Å². The van der Waals surface area contributed by atoms with Crippen molar-refractivity contribution in [1.82, 2.24) is 34.7 Å². The van der Waals surface area contributed by atoms with E-state index in [-0.39, 0.29) is 11.9 Å². The summed E-state index contributed by atoms with van der Waals surface area (Å²) in [5, 5.41) is 7.66. The number of carbonyl (C=O) groups excluding carboxylic acids is 2. The highest BCUT2D eigenvalue weighted by atomic mass is 16.5. The number of aromatic amines is 1. The summed E-state index contributed by atoms with van der Waals surface area (Å²) >= 11 is 0. The van der Waals surface area contributed by atoms with E-state index in [0.29, 0.717) is 33.7 Å². The van der Waals surface area contributed by atoms with Crippen LogP contribution in [0.5, 0.6) is 0 Å². The molecule has 0 bridgehead atoms. The number of fused-ring (bicyclic) bond motifs is 2. The number of amides is 1. The van der Waals surface area contributed by atoms with Crippen molar-refractivity contribution in [2.75, 3.05) is 5.32 Å². The summed E-state index contributed by atoms with van der Waals surface area (Å²) in [6, 6.07) is 1.85. The number of rotatable bonds is 6. The van der Waals surface area contributed by atoms with E-state index in [0.717, 1.165) is 18.5 Å². The number of nitrogens with zero attached hydrogens (tertiary/aromatic N) is 6. The van der Waals surface area contributed by atoms with Crippen molar-refractivity contribution < 1.29 is 14.3 Å². The molecule has 11 heteroatoms. The van der Waals surface area contributed by atoms with Crippen molar-refractivity contribution >= 4 is 39.9 Å². The number of aromatic nitrogens is 7. The first-order chi connectivity index (χ1) is 15.4. The standard InChI is InChI=1S/C21H22N8O3/c1-10(2)29-19-14(7-26-29)13(6-15(27-19)12-4-5-12)21(31)32-11(3)20(30)28-18-16-17(23-8-22-16)24-9-25-18/h6-12H,4-5H2,1-3H3,(H2,22,23,24,25,28,30)/t11-/m0/s1. The highest BCUT2D eigenvalue weighted by molar-refractivity contribution is 6.05. The van der Waals surface area contributed by atoms with E-state index in [1.54, 1.807) is 16.9 Å². The maximum absolute atomic E-state index is 13.1. The Morgan fingerprint density at radius 1 is 1.22 bits per heavy atom. The van der Waals surface area contributed by atoms with Gasteiger partial charge in [0, 0.05) is 17.7 Å². The van der Waals surface area contributed by atoms with Gasteiger partial charge in [-0.3, -0.25) is 4.79 Å². The number of hydrogen-bond acceptors (Lipinski definition) is 8. The lowest BCUT2D eigenvalue weighted by molar-refractivity contribution is -0.123. The van der Waals surface area contributed by atoms with Gasteiger partial charge in [0.2, 0.25) is 0 Å². The average Bonchev–Trinajstić information content (AvgIpc) is 3.34. The van der Waals surface area contributed by atoms with Crippen LogP contribution in [-0.2, 0) is 9.53 Å². The third-order valence-corrected chi connectivity index (χ3v) is 5.41. The second-order valence-corrected chi connectivity index (χ2v) is 8.15. The van der Waals surface area contributed by atoms with Gasteiger partial charge >= 0.3 is 5.97 Å². The maximum Gasteiger partial charge on any atom is 0.339 e. The molecule has 1 amide bonds. The third kappa shape index (κ3) is 3.55. The fraction of sp³-hybridized carbons (Fsp3) is 0.381. The number of pyridine rings is 1. The van der Waals surface area contributed by atoms with Crippen LogP contribution in [0.3, 0.4) is 0 Å². The molecule has 2 N–H and O–H groups in total. The molecule has 1 fully saturated rings. The fourth-order valence-corrected chi connectivity index (χ4v) is 3.53. The molecule has 1 saturated carbocycles. The quantitative estimate of drug-likeness (QED) is 0.441. The van der Waals surface area contributed by atoms with Crippen LogP contribution in [0.4, 0.5) is 5.82 Å². The predicted molar refractivity (Wildman–Crippen MR) is 115 cm³/mol. The van der Waals surface area contributed by atoms with Gasteiger partial charge in [0.1, 0.15) is 11.8 Å². The number of ether oxygens (including phenoxy) is 1. The van der Waals surface area contributed by atoms with E-state index in [9.17, 15) is 9.59 Å². The Morgan fingerprint density at radius 2 is 2.03 bits per heavy atom. The molecule has 4 aromatic rings. The van der Waals surface area contributed by atoms with Gasteiger partial charge in [0.05, 0.1) is 23.5 Å². The maximum atomic E-state index is 13.1. The molecular weight excluding hydrogens is 412 g/mol. The molecule has 0 unspecified atom stereocenters. The summed E-state index contributed by atoms with van der Waals surface area (Å²) in [6.45, 7) is 5.52. The minimum absolute atomic E-state index is 0.0928. The minimum Gasteiger partial charge on any atom is -0.449 e. The fourth-order valence-electron chi connectivity index (χ4n) is 3.53. The number of carbonyl (C=O) groups is 2. The summed E-state index contributed by atoms with van der Waals surface area (Å²) in [7, 11) is 0. The first-order valence-electron chi connectivity index (χ1n) is 10.5. The molecule has 1 aliphatic carbocycles. The third-order valence-electron chi connectivity index (χ3n) is 5.41. The largest absolute Gasteiger partial charge is 0.449 e. The zero-order chi connectivity index (χ0) is 22.4. The smallest absolute Gasteiger partial charge is 0.339 e. The Bertz CT molecular complexity index is 1340. The zero-order valence-corrected chi connectivity index (χ0v) is 17.9. The van der Waals surface area contributed by atoms with Gasteiger partial charge in [-0.15, -0.1) is 0 Å². The normalized spacial score (nSPS) is 14.8. The van der Waals surface area contributed by atoms with Crippen molar-refractivity contribution in [1.29, 1.82) is 0 Å². The number of H-pyrrole nitrogens is 1. The van der Waals surface area contributed by atoms with Crippen molar-refractivity contribution in [3.05, 3.63) is 36.2 Å². The Morgan fingerprint density at radius 3 is 2.78 bits per heavy atom. The van der Waals surface area contributed by atoms with Crippen LogP contribution in [-0.4, -0.2) is 52.7 Å². The van der Waals surface area contributed by atoms with Gasteiger partial charge < -0.3 is 15.0 Å². The molecule has 4 heterocycles. The van der Waals surface area contributed by atoms with Crippen LogP contribution in [0.25, 0.3) is 22.2 Å². The highest BCUT2D eigenvalue weighted by Crippen LogP contribution is 2.40. The van der Waals surface area contributed by atoms with Crippen LogP contribution in [0.2, 0.25) is 0 Å². The molecular formula is C21H22N8O3. The van der Waals surface area contributed by atoms with E-state index in [1.807, 2.05) is 13.8 Å². The second-order valence-electron chi connectivity index (χ2n) is 8.15. The topological polar surface area (TPSA) is 141 Å². The van der Waals surface area contributed by atoms with Crippen molar-refractivity contribution in [2.45, 2.75) is 51.7 Å². The summed E-state index contributed by atoms with van der Waals surface area (Å²) in [5.41, 5.74) is 2.78. The van der Waals surface area contributed by atoms with Gasteiger partial charge in [-0.2, -0.15) is 5.10 Å². The molecule has 0 spiro atoms. The van der Waals surface area contributed by atoms with Crippen molar-refractivity contribution in [3.8, 4) is 0 Å². The first-order valence-corrected chi connectivity index (χ1v) is 10.5. The number of imidazole rings is 1. The molecule has 0 saturated heterocycles. The van der Waals surface area contributed by atoms with Crippen molar-refractivity contribution in [3.63, 3.8) is 0 Å². The van der Waals surface area contributed by atoms with Gasteiger partial charge in [-0.1, -0.05) is 0 Å². The Balaban J connectivity index is 1.39. The van der Waals surface area contributed by atoms with Crippen LogP contribution in [0, 0.1) is 0 Å². The molecule has 4 aromatic heterocycles. The summed E-state index contributed by atoms with van der Waals surface area (Å²) in [5.74, 6) is -0.504. The van der Waals surface area contributed by atoms with E-state index in [2.05, 4.69) is 30.4 Å². The molecule has 11 nitrogen and oxygen atoms in total. The monoisotopic (exact) mass is 434 g/mol. The van der Waals surface area contributed by atoms with Gasteiger partial charge in [0.15, 0.2) is 23.2 Å². The molecule has 0 radical (unpaired) electrons.